The van der Waals surface area contributed by atoms with Crippen LogP contribution in [0.1, 0.15) is 46.0 Å². The number of hydrogen-bond acceptors (Lipinski definition) is 2. The molecular formula is C14H28N2. The average molecular weight is 224 g/mol. The molecule has 0 spiro atoms. The Bertz CT molecular complexity index is 199. The lowest BCUT2D eigenvalue weighted by molar-refractivity contribution is 0.220. The lowest BCUT2D eigenvalue weighted by atomic mass is 9.79. The van der Waals surface area contributed by atoms with Crippen LogP contribution < -0.4 is 5.32 Å². The number of rotatable bonds is 4. The molecule has 1 N–H and O–H groups in total. The lowest BCUT2D eigenvalue weighted by Gasteiger charge is -2.33. The van der Waals surface area contributed by atoms with Crippen LogP contribution in [-0.2, 0) is 0 Å². The highest BCUT2D eigenvalue weighted by Crippen LogP contribution is 2.29. The summed E-state index contributed by atoms with van der Waals surface area (Å²) in [5, 5.41) is 3.76. The predicted molar refractivity (Wildman–Crippen MR) is 69.6 cm³/mol. The third-order valence-electron chi connectivity index (χ3n) is 4.66. The van der Waals surface area contributed by atoms with Crippen LogP contribution in [0.5, 0.6) is 0 Å². The Labute approximate surface area is 101 Å². The molecule has 0 amide bonds. The highest BCUT2D eigenvalue weighted by molar-refractivity contribution is 4.80. The quantitative estimate of drug-likeness (QED) is 0.789. The summed E-state index contributed by atoms with van der Waals surface area (Å²) < 4.78 is 0. The summed E-state index contributed by atoms with van der Waals surface area (Å²) in [4.78, 5) is 2.60. The second kappa shape index (κ2) is 6.02. The molecule has 3 unspecified atom stereocenters. The first-order chi connectivity index (χ1) is 7.75. The molecule has 3 atom stereocenters. The maximum absolute atomic E-state index is 3.76. The summed E-state index contributed by atoms with van der Waals surface area (Å²) in [5.41, 5.74) is 0. The Balaban J connectivity index is 1.59. The molecular weight excluding hydrogens is 196 g/mol. The van der Waals surface area contributed by atoms with E-state index in [1.54, 1.807) is 0 Å². The van der Waals surface area contributed by atoms with E-state index in [0.29, 0.717) is 0 Å². The molecule has 94 valence electrons. The van der Waals surface area contributed by atoms with Crippen LogP contribution in [0.25, 0.3) is 0 Å². The van der Waals surface area contributed by atoms with Crippen LogP contribution in [0, 0.1) is 11.8 Å². The van der Waals surface area contributed by atoms with Crippen LogP contribution in [0.3, 0.4) is 0 Å². The van der Waals surface area contributed by atoms with Crippen LogP contribution >= 0.6 is 0 Å². The molecule has 2 rings (SSSR count). The smallest absolute Gasteiger partial charge is 0.0107 e. The van der Waals surface area contributed by atoms with Crippen molar-refractivity contribution < 1.29 is 0 Å². The minimum Gasteiger partial charge on any atom is -0.313 e. The van der Waals surface area contributed by atoms with Gasteiger partial charge in [0, 0.05) is 19.1 Å². The predicted octanol–water partition coefficient (Wildman–Crippen LogP) is 2.50. The van der Waals surface area contributed by atoms with E-state index in [4.69, 9.17) is 0 Å². The molecule has 0 aromatic rings. The standard InChI is InChI=1S/C14H28N2/c1-12-5-6-14(11-13(12)2)15-7-10-16-8-3-4-9-16/h12-15H,3-11H2,1-2H3. The summed E-state index contributed by atoms with van der Waals surface area (Å²) in [7, 11) is 0. The number of nitrogens with zero attached hydrogens (tertiary/aromatic N) is 1. The Kier molecular flexibility index (Phi) is 4.66. The van der Waals surface area contributed by atoms with Gasteiger partial charge in [0.25, 0.3) is 0 Å². The van der Waals surface area contributed by atoms with E-state index < -0.39 is 0 Å². The zero-order valence-corrected chi connectivity index (χ0v) is 11.0. The van der Waals surface area contributed by atoms with Gasteiger partial charge in [-0.2, -0.15) is 0 Å². The lowest BCUT2D eigenvalue weighted by Crippen LogP contribution is -2.40. The van der Waals surface area contributed by atoms with E-state index in [1.807, 2.05) is 0 Å². The molecule has 1 saturated heterocycles. The summed E-state index contributed by atoms with van der Waals surface area (Å²) in [5.74, 6) is 1.86. The topological polar surface area (TPSA) is 15.3 Å². The molecule has 16 heavy (non-hydrogen) atoms. The molecule has 0 radical (unpaired) electrons. The van der Waals surface area contributed by atoms with Gasteiger partial charge in [-0.3, -0.25) is 0 Å². The van der Waals surface area contributed by atoms with Crippen molar-refractivity contribution in [1.82, 2.24) is 10.2 Å². The minimum atomic E-state index is 0.800. The monoisotopic (exact) mass is 224 g/mol. The van der Waals surface area contributed by atoms with Gasteiger partial charge in [0.05, 0.1) is 0 Å². The van der Waals surface area contributed by atoms with Crippen LogP contribution in [0.4, 0.5) is 0 Å². The SMILES string of the molecule is CC1CCC(NCCN2CCCC2)CC1C. The molecule has 1 aliphatic carbocycles. The van der Waals surface area contributed by atoms with Crippen molar-refractivity contribution in [2.45, 2.75) is 52.0 Å². The maximum atomic E-state index is 3.76. The highest BCUT2D eigenvalue weighted by atomic mass is 15.2. The molecule has 2 aliphatic rings. The van der Waals surface area contributed by atoms with Gasteiger partial charge in [0.2, 0.25) is 0 Å². The number of likely N-dealkylation sites (tertiary alicyclic amines) is 1. The Morgan fingerprint density at radius 3 is 2.50 bits per heavy atom. The van der Waals surface area contributed by atoms with Crippen LogP contribution in [-0.4, -0.2) is 37.1 Å². The van der Waals surface area contributed by atoms with Gasteiger partial charge in [0.1, 0.15) is 0 Å². The van der Waals surface area contributed by atoms with Gasteiger partial charge < -0.3 is 10.2 Å². The molecule has 0 aromatic heterocycles. The number of nitrogens with one attached hydrogen (secondary N) is 1. The minimum absolute atomic E-state index is 0.800. The van der Waals surface area contributed by atoms with Crippen molar-refractivity contribution in [3.05, 3.63) is 0 Å². The Morgan fingerprint density at radius 2 is 1.81 bits per heavy atom. The van der Waals surface area contributed by atoms with E-state index in [9.17, 15) is 0 Å². The molecule has 1 heterocycles. The zero-order valence-electron chi connectivity index (χ0n) is 11.0. The first kappa shape index (κ1) is 12.4. The van der Waals surface area contributed by atoms with Gasteiger partial charge in [-0.25, -0.2) is 0 Å². The largest absolute Gasteiger partial charge is 0.313 e. The van der Waals surface area contributed by atoms with Crippen molar-refractivity contribution in [2.24, 2.45) is 11.8 Å². The van der Waals surface area contributed by atoms with E-state index >= 15 is 0 Å². The van der Waals surface area contributed by atoms with Crippen molar-refractivity contribution in [1.29, 1.82) is 0 Å². The van der Waals surface area contributed by atoms with Crippen LogP contribution in [0.15, 0.2) is 0 Å². The Hall–Kier alpha value is -0.0800. The van der Waals surface area contributed by atoms with E-state index in [1.165, 1.54) is 58.3 Å². The third-order valence-corrected chi connectivity index (χ3v) is 4.66. The normalized spacial score (nSPS) is 36.8. The second-order valence-electron chi connectivity index (χ2n) is 5.97. The summed E-state index contributed by atoms with van der Waals surface area (Å²) in [6, 6.07) is 0.800. The van der Waals surface area contributed by atoms with E-state index in [0.717, 1.165) is 17.9 Å². The fourth-order valence-corrected chi connectivity index (χ4v) is 3.17. The first-order valence-electron chi connectivity index (χ1n) is 7.21. The zero-order chi connectivity index (χ0) is 11.4. The molecule has 2 nitrogen and oxygen atoms in total. The molecule has 2 heteroatoms. The molecule has 0 bridgehead atoms. The molecule has 1 aliphatic heterocycles. The highest BCUT2D eigenvalue weighted by Gasteiger charge is 2.24. The fourth-order valence-electron chi connectivity index (χ4n) is 3.17. The van der Waals surface area contributed by atoms with Crippen molar-refractivity contribution in [3.63, 3.8) is 0 Å². The molecule has 2 fully saturated rings. The third kappa shape index (κ3) is 3.46. The average Bonchev–Trinajstić information content (AvgIpc) is 2.76. The van der Waals surface area contributed by atoms with Gasteiger partial charge in [-0.15, -0.1) is 0 Å². The molecule has 1 saturated carbocycles. The van der Waals surface area contributed by atoms with Gasteiger partial charge in [-0.05, 0) is 57.0 Å². The molecule has 0 aromatic carbocycles. The van der Waals surface area contributed by atoms with E-state index in [2.05, 4.69) is 24.1 Å². The summed E-state index contributed by atoms with van der Waals surface area (Å²) >= 11 is 0. The van der Waals surface area contributed by atoms with Crippen LogP contribution in [0.2, 0.25) is 0 Å². The summed E-state index contributed by atoms with van der Waals surface area (Å²) in [6.07, 6.45) is 7.03. The fraction of sp³-hybridized carbons (Fsp3) is 1.00. The van der Waals surface area contributed by atoms with Gasteiger partial charge >= 0.3 is 0 Å². The Morgan fingerprint density at radius 1 is 1.06 bits per heavy atom. The van der Waals surface area contributed by atoms with Gasteiger partial charge in [-0.1, -0.05) is 13.8 Å². The maximum Gasteiger partial charge on any atom is 0.0107 e. The number of hydrogen-bond donors (Lipinski definition) is 1. The summed E-state index contributed by atoms with van der Waals surface area (Å²) in [6.45, 7) is 9.95. The van der Waals surface area contributed by atoms with Gasteiger partial charge in [0.15, 0.2) is 0 Å². The van der Waals surface area contributed by atoms with Crippen molar-refractivity contribution in [3.8, 4) is 0 Å². The second-order valence-corrected chi connectivity index (χ2v) is 5.97. The van der Waals surface area contributed by atoms with Crippen molar-refractivity contribution >= 4 is 0 Å². The van der Waals surface area contributed by atoms with Crippen molar-refractivity contribution in [2.75, 3.05) is 26.2 Å². The van der Waals surface area contributed by atoms with E-state index in [-0.39, 0.29) is 0 Å². The first-order valence-corrected chi connectivity index (χ1v) is 7.21.